The first kappa shape index (κ1) is 16.7. The molecule has 0 unspecified atom stereocenters. The fraction of sp³-hybridized carbons (Fsp3) is 0.200. The van der Waals surface area contributed by atoms with Crippen LogP contribution in [0.5, 0.6) is 0 Å². The maximum atomic E-state index is 6.14. The molecule has 0 spiro atoms. The summed E-state index contributed by atoms with van der Waals surface area (Å²) >= 11 is 6.14. The van der Waals surface area contributed by atoms with Crippen LogP contribution in [0.25, 0.3) is 22.4 Å². The molecule has 5 nitrogen and oxygen atoms in total. The minimum absolute atomic E-state index is 0.635. The van der Waals surface area contributed by atoms with Crippen molar-refractivity contribution in [3.63, 3.8) is 0 Å². The van der Waals surface area contributed by atoms with Crippen molar-refractivity contribution < 1.29 is 0 Å². The normalized spacial score (nSPS) is 11.3. The molecule has 0 aliphatic heterocycles. The Morgan fingerprint density at radius 2 is 2.04 bits per heavy atom. The van der Waals surface area contributed by atoms with E-state index in [9.17, 15) is 0 Å². The van der Waals surface area contributed by atoms with Crippen LogP contribution in [0.3, 0.4) is 0 Å². The minimum Gasteiger partial charge on any atom is -0.399 e. The SMILES string of the molecule is CCCn1c(Cn2ccnc2-c2cccc(Cl)c2)nc2cc(N)ccc21. The van der Waals surface area contributed by atoms with E-state index in [0.717, 1.165) is 46.9 Å². The van der Waals surface area contributed by atoms with E-state index in [1.807, 2.05) is 48.7 Å². The van der Waals surface area contributed by atoms with Crippen molar-refractivity contribution >= 4 is 28.3 Å². The molecule has 0 saturated carbocycles. The molecule has 2 heterocycles. The molecule has 0 saturated heterocycles. The van der Waals surface area contributed by atoms with E-state index in [0.29, 0.717) is 11.6 Å². The fourth-order valence-corrected chi connectivity index (χ4v) is 3.46. The van der Waals surface area contributed by atoms with Crippen LogP contribution in [-0.2, 0) is 13.1 Å². The van der Waals surface area contributed by atoms with E-state index in [2.05, 4.69) is 21.0 Å². The van der Waals surface area contributed by atoms with Gasteiger partial charge in [0.15, 0.2) is 0 Å². The summed E-state index contributed by atoms with van der Waals surface area (Å²) < 4.78 is 4.36. The zero-order valence-corrected chi connectivity index (χ0v) is 15.3. The van der Waals surface area contributed by atoms with Gasteiger partial charge in [0.05, 0.1) is 17.6 Å². The van der Waals surface area contributed by atoms with Gasteiger partial charge in [-0.05, 0) is 36.8 Å². The number of anilines is 1. The highest BCUT2D eigenvalue weighted by molar-refractivity contribution is 6.30. The van der Waals surface area contributed by atoms with Crippen LogP contribution in [0.2, 0.25) is 5.02 Å². The second-order valence-electron chi connectivity index (χ2n) is 6.32. The molecule has 26 heavy (non-hydrogen) atoms. The van der Waals surface area contributed by atoms with Gasteiger partial charge in [0, 0.05) is 35.2 Å². The Morgan fingerprint density at radius 3 is 2.85 bits per heavy atom. The summed E-state index contributed by atoms with van der Waals surface area (Å²) in [5.41, 5.74) is 9.69. The molecule has 0 radical (unpaired) electrons. The lowest BCUT2D eigenvalue weighted by Gasteiger charge is -2.11. The summed E-state index contributed by atoms with van der Waals surface area (Å²) in [6, 6.07) is 13.6. The Bertz CT molecular complexity index is 1060. The summed E-state index contributed by atoms with van der Waals surface area (Å²) in [5.74, 6) is 1.87. The highest BCUT2D eigenvalue weighted by Crippen LogP contribution is 2.24. The molecule has 4 rings (SSSR count). The first-order valence-electron chi connectivity index (χ1n) is 8.67. The molecule has 2 aromatic carbocycles. The first-order chi connectivity index (χ1) is 12.7. The number of nitrogen functional groups attached to an aromatic ring is 1. The topological polar surface area (TPSA) is 61.7 Å². The second-order valence-corrected chi connectivity index (χ2v) is 6.75. The molecule has 0 atom stereocenters. The third-order valence-electron chi connectivity index (χ3n) is 4.41. The highest BCUT2D eigenvalue weighted by atomic mass is 35.5. The van der Waals surface area contributed by atoms with Crippen molar-refractivity contribution in [2.24, 2.45) is 0 Å². The van der Waals surface area contributed by atoms with Gasteiger partial charge in [0.25, 0.3) is 0 Å². The maximum Gasteiger partial charge on any atom is 0.140 e. The number of halogens is 1. The van der Waals surface area contributed by atoms with Crippen molar-refractivity contribution in [3.8, 4) is 11.4 Å². The molecule has 132 valence electrons. The number of rotatable bonds is 5. The minimum atomic E-state index is 0.635. The van der Waals surface area contributed by atoms with Crippen molar-refractivity contribution in [3.05, 3.63) is 65.7 Å². The quantitative estimate of drug-likeness (QED) is 0.526. The van der Waals surface area contributed by atoms with Crippen LogP contribution in [0.15, 0.2) is 54.9 Å². The molecule has 0 bridgehead atoms. The van der Waals surface area contributed by atoms with E-state index in [4.69, 9.17) is 22.3 Å². The van der Waals surface area contributed by atoms with Crippen LogP contribution < -0.4 is 5.73 Å². The molecule has 4 aromatic rings. The standard InChI is InChI=1S/C20H20ClN5/c1-2-9-26-18-7-6-16(22)12-17(18)24-19(26)13-25-10-8-23-20(25)14-4-3-5-15(21)11-14/h3-8,10-12H,2,9,13,22H2,1H3. The first-order valence-corrected chi connectivity index (χ1v) is 9.05. The lowest BCUT2D eigenvalue weighted by atomic mass is 10.2. The lowest BCUT2D eigenvalue weighted by Crippen LogP contribution is -2.09. The van der Waals surface area contributed by atoms with Crippen molar-refractivity contribution in [2.45, 2.75) is 26.4 Å². The number of aryl methyl sites for hydroxylation is 1. The number of imidazole rings is 2. The third kappa shape index (κ3) is 3.06. The van der Waals surface area contributed by atoms with Gasteiger partial charge in [-0.1, -0.05) is 30.7 Å². The van der Waals surface area contributed by atoms with Gasteiger partial charge in [0.2, 0.25) is 0 Å². The summed E-state index contributed by atoms with van der Waals surface area (Å²) in [5, 5.41) is 0.700. The van der Waals surface area contributed by atoms with E-state index < -0.39 is 0 Å². The van der Waals surface area contributed by atoms with E-state index >= 15 is 0 Å². The molecule has 0 aliphatic rings. The molecule has 0 fully saturated rings. The van der Waals surface area contributed by atoms with Crippen LogP contribution in [0.1, 0.15) is 19.2 Å². The summed E-state index contributed by atoms with van der Waals surface area (Å²) in [6.07, 6.45) is 4.81. The van der Waals surface area contributed by atoms with Gasteiger partial charge >= 0.3 is 0 Å². The number of fused-ring (bicyclic) bond motifs is 1. The summed E-state index contributed by atoms with van der Waals surface area (Å²) in [6.45, 7) is 3.72. The Morgan fingerprint density at radius 1 is 1.15 bits per heavy atom. The van der Waals surface area contributed by atoms with Gasteiger partial charge in [-0.3, -0.25) is 0 Å². The monoisotopic (exact) mass is 365 g/mol. The van der Waals surface area contributed by atoms with E-state index in [-0.39, 0.29) is 0 Å². The van der Waals surface area contributed by atoms with Gasteiger partial charge in [0.1, 0.15) is 11.6 Å². The Hall–Kier alpha value is -2.79. The number of hydrogen-bond acceptors (Lipinski definition) is 3. The number of nitrogens with zero attached hydrogens (tertiary/aromatic N) is 4. The largest absolute Gasteiger partial charge is 0.399 e. The predicted molar refractivity (Wildman–Crippen MR) is 106 cm³/mol. The van der Waals surface area contributed by atoms with Gasteiger partial charge in [-0.25, -0.2) is 9.97 Å². The fourth-order valence-electron chi connectivity index (χ4n) is 3.27. The highest BCUT2D eigenvalue weighted by Gasteiger charge is 2.14. The molecular formula is C20H20ClN5. The van der Waals surface area contributed by atoms with Gasteiger partial charge < -0.3 is 14.9 Å². The number of aromatic nitrogens is 4. The number of hydrogen-bond donors (Lipinski definition) is 1. The average molecular weight is 366 g/mol. The summed E-state index contributed by atoms with van der Waals surface area (Å²) in [4.78, 5) is 9.34. The molecule has 2 aromatic heterocycles. The van der Waals surface area contributed by atoms with E-state index in [1.165, 1.54) is 0 Å². The average Bonchev–Trinajstić information content (AvgIpc) is 3.20. The van der Waals surface area contributed by atoms with Crippen LogP contribution in [0.4, 0.5) is 5.69 Å². The van der Waals surface area contributed by atoms with Crippen LogP contribution in [-0.4, -0.2) is 19.1 Å². The number of nitrogens with two attached hydrogens (primary N) is 1. The van der Waals surface area contributed by atoms with Crippen molar-refractivity contribution in [2.75, 3.05) is 5.73 Å². The molecule has 0 aliphatic carbocycles. The Balaban J connectivity index is 1.77. The van der Waals surface area contributed by atoms with Gasteiger partial charge in [-0.2, -0.15) is 0 Å². The number of benzene rings is 2. The second kappa shape index (κ2) is 6.84. The van der Waals surface area contributed by atoms with E-state index in [1.54, 1.807) is 6.20 Å². The lowest BCUT2D eigenvalue weighted by molar-refractivity contribution is 0.627. The van der Waals surface area contributed by atoms with Crippen molar-refractivity contribution in [1.29, 1.82) is 0 Å². The summed E-state index contributed by atoms with van der Waals surface area (Å²) in [7, 11) is 0. The maximum absolute atomic E-state index is 6.14. The smallest absolute Gasteiger partial charge is 0.140 e. The predicted octanol–water partition coefficient (Wildman–Crippen LogP) is 4.59. The Labute approximate surface area is 157 Å². The third-order valence-corrected chi connectivity index (χ3v) is 4.64. The molecule has 2 N–H and O–H groups in total. The van der Waals surface area contributed by atoms with Crippen LogP contribution >= 0.6 is 11.6 Å². The van der Waals surface area contributed by atoms with Gasteiger partial charge in [-0.15, -0.1) is 0 Å². The zero-order chi connectivity index (χ0) is 18.1. The Kier molecular flexibility index (Phi) is 4.39. The zero-order valence-electron chi connectivity index (χ0n) is 14.6. The molecule has 6 heteroatoms. The molecule has 0 amide bonds. The van der Waals surface area contributed by atoms with Crippen LogP contribution in [0, 0.1) is 0 Å². The van der Waals surface area contributed by atoms with Crippen molar-refractivity contribution in [1.82, 2.24) is 19.1 Å². The molecular weight excluding hydrogens is 346 g/mol.